The van der Waals surface area contributed by atoms with Gasteiger partial charge in [0.05, 0.1) is 5.69 Å². The summed E-state index contributed by atoms with van der Waals surface area (Å²) in [5.41, 5.74) is 1.40. The molecule has 4 heteroatoms. The van der Waals surface area contributed by atoms with Crippen molar-refractivity contribution < 1.29 is 0 Å². The minimum absolute atomic E-state index is 0.652. The standard InChI is InChI=1S/C16H27N3S/c1-4-7-17-9-14-15(13-5-6-13)18-16(20-14)19-10-11(2)8-12(19)3/h11-13,17H,4-10H2,1-3H3. The monoisotopic (exact) mass is 293 g/mol. The smallest absolute Gasteiger partial charge is 0.186 e. The summed E-state index contributed by atoms with van der Waals surface area (Å²) in [6.45, 7) is 10.2. The quantitative estimate of drug-likeness (QED) is 0.810. The molecule has 1 N–H and O–H groups in total. The third kappa shape index (κ3) is 3.01. The van der Waals surface area contributed by atoms with Crippen LogP contribution in [0.1, 0.15) is 62.9 Å². The minimum Gasteiger partial charge on any atom is -0.345 e. The average Bonchev–Trinajstić information content (AvgIpc) is 3.09. The number of aromatic nitrogens is 1. The zero-order valence-electron chi connectivity index (χ0n) is 13.0. The molecule has 1 aliphatic heterocycles. The van der Waals surface area contributed by atoms with Crippen LogP contribution in [0.2, 0.25) is 0 Å². The number of nitrogens with zero attached hydrogens (tertiary/aromatic N) is 2. The molecule has 0 radical (unpaired) electrons. The zero-order chi connectivity index (χ0) is 14.1. The van der Waals surface area contributed by atoms with E-state index in [1.807, 2.05) is 11.3 Å². The lowest BCUT2D eigenvalue weighted by Crippen LogP contribution is -2.26. The molecule has 1 saturated heterocycles. The van der Waals surface area contributed by atoms with Gasteiger partial charge < -0.3 is 10.2 Å². The number of hydrogen-bond acceptors (Lipinski definition) is 4. The molecule has 3 rings (SSSR count). The highest BCUT2D eigenvalue weighted by Crippen LogP contribution is 2.45. The summed E-state index contributed by atoms with van der Waals surface area (Å²) >= 11 is 1.93. The van der Waals surface area contributed by atoms with E-state index in [-0.39, 0.29) is 0 Å². The van der Waals surface area contributed by atoms with Crippen LogP contribution in [-0.4, -0.2) is 24.1 Å². The third-order valence-electron chi connectivity index (χ3n) is 4.42. The van der Waals surface area contributed by atoms with Crippen molar-refractivity contribution in [2.75, 3.05) is 18.0 Å². The van der Waals surface area contributed by atoms with Crippen molar-refractivity contribution in [2.24, 2.45) is 5.92 Å². The molecule has 1 aliphatic carbocycles. The summed E-state index contributed by atoms with van der Waals surface area (Å²) in [5.74, 6) is 1.56. The lowest BCUT2D eigenvalue weighted by Gasteiger charge is -2.20. The van der Waals surface area contributed by atoms with E-state index >= 15 is 0 Å². The van der Waals surface area contributed by atoms with Gasteiger partial charge in [-0.25, -0.2) is 4.98 Å². The van der Waals surface area contributed by atoms with E-state index in [0.717, 1.165) is 24.9 Å². The molecule has 0 aromatic carbocycles. The molecule has 1 aromatic rings. The predicted molar refractivity (Wildman–Crippen MR) is 86.7 cm³/mol. The molecule has 112 valence electrons. The molecule has 2 unspecified atom stereocenters. The van der Waals surface area contributed by atoms with E-state index in [2.05, 4.69) is 31.0 Å². The van der Waals surface area contributed by atoms with Crippen molar-refractivity contribution in [1.29, 1.82) is 0 Å². The van der Waals surface area contributed by atoms with Gasteiger partial charge in [-0.15, -0.1) is 11.3 Å². The number of thiazole rings is 1. The van der Waals surface area contributed by atoms with Crippen LogP contribution in [0.5, 0.6) is 0 Å². The molecule has 1 aromatic heterocycles. The van der Waals surface area contributed by atoms with Crippen LogP contribution in [-0.2, 0) is 6.54 Å². The number of nitrogens with one attached hydrogen (secondary N) is 1. The fourth-order valence-electron chi connectivity index (χ4n) is 3.22. The first-order valence-electron chi connectivity index (χ1n) is 8.16. The van der Waals surface area contributed by atoms with E-state index in [1.165, 1.54) is 47.9 Å². The SMILES string of the molecule is CCCNCc1sc(N2CC(C)CC2C)nc1C1CC1. The molecule has 0 bridgehead atoms. The van der Waals surface area contributed by atoms with Crippen molar-refractivity contribution in [3.8, 4) is 0 Å². The average molecular weight is 293 g/mol. The molecule has 0 spiro atoms. The zero-order valence-corrected chi connectivity index (χ0v) is 13.8. The summed E-state index contributed by atoms with van der Waals surface area (Å²) in [4.78, 5) is 9.04. The molecule has 3 nitrogen and oxygen atoms in total. The van der Waals surface area contributed by atoms with Gasteiger partial charge in [0.2, 0.25) is 0 Å². The van der Waals surface area contributed by atoms with Gasteiger partial charge >= 0.3 is 0 Å². The summed E-state index contributed by atoms with van der Waals surface area (Å²) in [5, 5.41) is 4.83. The number of anilines is 1. The lowest BCUT2D eigenvalue weighted by atomic mass is 10.1. The van der Waals surface area contributed by atoms with Gasteiger partial charge in [-0.05, 0) is 45.1 Å². The third-order valence-corrected chi connectivity index (χ3v) is 5.53. The van der Waals surface area contributed by atoms with Crippen LogP contribution >= 0.6 is 11.3 Å². The summed E-state index contributed by atoms with van der Waals surface area (Å²) < 4.78 is 0. The van der Waals surface area contributed by atoms with Crippen molar-refractivity contribution in [1.82, 2.24) is 10.3 Å². The first kappa shape index (κ1) is 14.3. The Bertz CT molecular complexity index is 453. The molecule has 2 fully saturated rings. The Hall–Kier alpha value is -0.610. The van der Waals surface area contributed by atoms with Gasteiger partial charge in [-0.1, -0.05) is 13.8 Å². The molecular formula is C16H27N3S. The molecule has 0 amide bonds. The Morgan fingerprint density at radius 1 is 1.35 bits per heavy atom. The Morgan fingerprint density at radius 3 is 2.75 bits per heavy atom. The maximum atomic E-state index is 5.02. The van der Waals surface area contributed by atoms with Crippen LogP contribution in [0.4, 0.5) is 5.13 Å². The van der Waals surface area contributed by atoms with Gasteiger partial charge in [-0.2, -0.15) is 0 Å². The molecule has 2 aliphatic rings. The number of rotatable bonds is 6. The van der Waals surface area contributed by atoms with Crippen molar-refractivity contribution in [2.45, 2.75) is 65.0 Å². The predicted octanol–water partition coefficient (Wildman–Crippen LogP) is 3.75. The Morgan fingerprint density at radius 2 is 2.15 bits per heavy atom. The van der Waals surface area contributed by atoms with Gasteiger partial charge in [0, 0.05) is 29.9 Å². The van der Waals surface area contributed by atoms with Crippen molar-refractivity contribution in [3.05, 3.63) is 10.6 Å². The van der Waals surface area contributed by atoms with E-state index in [0.29, 0.717) is 6.04 Å². The molecule has 1 saturated carbocycles. The fourth-order valence-corrected chi connectivity index (χ4v) is 4.45. The molecule has 2 atom stereocenters. The van der Waals surface area contributed by atoms with Gasteiger partial charge in [0.15, 0.2) is 5.13 Å². The Labute approximate surface area is 126 Å². The van der Waals surface area contributed by atoms with E-state index < -0.39 is 0 Å². The normalized spacial score (nSPS) is 26.4. The fraction of sp³-hybridized carbons (Fsp3) is 0.812. The highest BCUT2D eigenvalue weighted by molar-refractivity contribution is 7.15. The highest BCUT2D eigenvalue weighted by Gasteiger charge is 2.33. The molecular weight excluding hydrogens is 266 g/mol. The van der Waals surface area contributed by atoms with Crippen LogP contribution in [0.15, 0.2) is 0 Å². The Balaban J connectivity index is 1.76. The first-order chi connectivity index (χ1) is 9.69. The van der Waals surface area contributed by atoms with Crippen LogP contribution in [0.25, 0.3) is 0 Å². The van der Waals surface area contributed by atoms with Crippen molar-refractivity contribution in [3.63, 3.8) is 0 Å². The van der Waals surface area contributed by atoms with Gasteiger partial charge in [-0.3, -0.25) is 0 Å². The van der Waals surface area contributed by atoms with Gasteiger partial charge in [0.25, 0.3) is 0 Å². The summed E-state index contributed by atoms with van der Waals surface area (Å²) in [7, 11) is 0. The second-order valence-electron chi connectivity index (χ2n) is 6.60. The van der Waals surface area contributed by atoms with E-state index in [1.54, 1.807) is 0 Å². The largest absolute Gasteiger partial charge is 0.345 e. The molecule has 20 heavy (non-hydrogen) atoms. The topological polar surface area (TPSA) is 28.2 Å². The van der Waals surface area contributed by atoms with Crippen LogP contribution in [0, 0.1) is 5.92 Å². The second kappa shape index (κ2) is 6.02. The summed E-state index contributed by atoms with van der Waals surface area (Å²) in [6.07, 6.45) is 5.19. The van der Waals surface area contributed by atoms with Crippen molar-refractivity contribution >= 4 is 16.5 Å². The highest BCUT2D eigenvalue weighted by atomic mass is 32.1. The second-order valence-corrected chi connectivity index (χ2v) is 7.66. The maximum absolute atomic E-state index is 5.02. The summed E-state index contributed by atoms with van der Waals surface area (Å²) in [6, 6.07) is 0.652. The number of hydrogen-bond donors (Lipinski definition) is 1. The maximum Gasteiger partial charge on any atom is 0.186 e. The van der Waals surface area contributed by atoms with E-state index in [4.69, 9.17) is 4.98 Å². The minimum atomic E-state index is 0.652. The molecule has 2 heterocycles. The lowest BCUT2D eigenvalue weighted by molar-refractivity contribution is 0.625. The van der Waals surface area contributed by atoms with Crippen LogP contribution < -0.4 is 10.2 Å². The Kier molecular flexibility index (Phi) is 4.32. The van der Waals surface area contributed by atoms with E-state index in [9.17, 15) is 0 Å². The first-order valence-corrected chi connectivity index (χ1v) is 8.97. The van der Waals surface area contributed by atoms with Gasteiger partial charge in [0.1, 0.15) is 0 Å². The van der Waals surface area contributed by atoms with Crippen LogP contribution in [0.3, 0.4) is 0 Å².